The second-order valence-electron chi connectivity index (χ2n) is 11.0. The molecule has 0 spiro atoms. The molecule has 0 saturated carbocycles. The van der Waals surface area contributed by atoms with Crippen molar-refractivity contribution in [3.05, 3.63) is 26.3 Å². The molecule has 2 N–H and O–H groups in total. The highest BCUT2D eigenvalue weighted by Gasteiger charge is 2.10. The number of carbonyl (C=O) groups excluding carboxylic acids is 2. The number of hydrogen-bond donors (Lipinski definition) is 2. The first kappa shape index (κ1) is 46.6. The molecule has 0 aliphatic heterocycles. The fourth-order valence-electron chi connectivity index (χ4n) is 3.58. The predicted octanol–water partition coefficient (Wildman–Crippen LogP) is 10.9. The molecule has 38 heavy (non-hydrogen) atoms. The van der Waals surface area contributed by atoms with E-state index in [1.807, 2.05) is 27.7 Å². The van der Waals surface area contributed by atoms with Crippen molar-refractivity contribution in [2.45, 2.75) is 165 Å². The molecular weight excluding hydrogens is 470 g/mol. The Balaban J connectivity index is -0.000000157. The number of nitrogens with one attached hydrogen (secondary N) is 1. The van der Waals surface area contributed by atoms with Gasteiger partial charge in [-0.3, -0.25) is 4.79 Å². The van der Waals surface area contributed by atoms with Crippen molar-refractivity contribution >= 4 is 11.6 Å². The summed E-state index contributed by atoms with van der Waals surface area (Å²) < 4.78 is 0. The Kier molecular flexibility index (Phi) is 49.3. The Labute approximate surface area is 240 Å². The van der Waals surface area contributed by atoms with Gasteiger partial charge in [0, 0.05) is 18.4 Å². The molecular formula is C34H71NO3. The van der Waals surface area contributed by atoms with Crippen LogP contribution < -0.4 is 5.48 Å². The van der Waals surface area contributed by atoms with E-state index < -0.39 is 0 Å². The van der Waals surface area contributed by atoms with Crippen LogP contribution in [0.2, 0.25) is 0 Å². The van der Waals surface area contributed by atoms with Gasteiger partial charge in [-0.05, 0) is 39.0 Å². The third-order valence-corrected chi connectivity index (χ3v) is 6.30. The predicted molar refractivity (Wildman–Crippen MR) is 172 cm³/mol. The molecule has 0 fully saturated rings. The van der Waals surface area contributed by atoms with Gasteiger partial charge in [0.05, 0.1) is 0 Å². The van der Waals surface area contributed by atoms with E-state index in [1.165, 1.54) is 83.5 Å². The molecule has 4 nitrogen and oxygen atoms in total. The minimum absolute atomic E-state index is 0.231. The summed E-state index contributed by atoms with van der Waals surface area (Å²) in [6.45, 7) is 29.8. The highest BCUT2D eigenvalue weighted by molar-refractivity contribution is 5.78. The van der Waals surface area contributed by atoms with Gasteiger partial charge in [-0.25, -0.2) is 5.48 Å². The molecule has 0 rings (SSSR count). The van der Waals surface area contributed by atoms with E-state index >= 15 is 0 Å². The molecule has 0 aromatic rings. The topological polar surface area (TPSA) is 66.4 Å². The molecule has 0 amide bonds. The minimum atomic E-state index is 0.231. The van der Waals surface area contributed by atoms with Gasteiger partial charge in [0.25, 0.3) is 0 Å². The number of unbranched alkanes of at least 4 members (excludes halogenated alkanes) is 12. The molecule has 0 aliphatic carbocycles. The standard InChI is InChI=1S/C17H37NO.C7H14O.C6H12O.2C2H4/c1-3-4-5-6-7-8-9-10-11-12-13-14-15-16-17(2)18-19;1-5(2)6(3)7(4)8;1-5(2)4-6(3)7;2*1-2/h17-19H,3-16H2,1-2H3;5-6H,1-4H3;5H,4H2,1-3H3;2*1-2H2. The van der Waals surface area contributed by atoms with Crippen LogP contribution in [0.3, 0.4) is 0 Å². The van der Waals surface area contributed by atoms with Crippen molar-refractivity contribution in [1.29, 1.82) is 0 Å². The van der Waals surface area contributed by atoms with E-state index in [1.54, 1.807) is 13.8 Å². The van der Waals surface area contributed by atoms with E-state index in [4.69, 9.17) is 5.21 Å². The number of ketones is 2. The van der Waals surface area contributed by atoms with E-state index in [9.17, 15) is 9.59 Å². The van der Waals surface area contributed by atoms with Crippen LogP contribution in [0, 0.1) is 17.8 Å². The number of rotatable bonds is 19. The molecule has 230 valence electrons. The zero-order valence-electron chi connectivity index (χ0n) is 27.5. The maximum absolute atomic E-state index is 10.6. The van der Waals surface area contributed by atoms with Crippen molar-refractivity contribution in [2.24, 2.45) is 17.8 Å². The van der Waals surface area contributed by atoms with Gasteiger partial charge in [0.15, 0.2) is 0 Å². The SMILES string of the molecule is C=C.C=C.CC(=O)C(C)C(C)C.CC(=O)CC(C)C.CCCCCCCCCCCCCCCC(C)NO. The Hall–Kier alpha value is -1.26. The molecule has 0 aliphatic rings. The van der Waals surface area contributed by atoms with Crippen molar-refractivity contribution in [2.75, 3.05) is 0 Å². The van der Waals surface area contributed by atoms with Crippen molar-refractivity contribution in [3.8, 4) is 0 Å². The van der Waals surface area contributed by atoms with Crippen LogP contribution in [0.25, 0.3) is 0 Å². The largest absolute Gasteiger partial charge is 0.317 e. The summed E-state index contributed by atoms with van der Waals surface area (Å²) in [5.74, 6) is 1.83. The van der Waals surface area contributed by atoms with Crippen LogP contribution in [0.15, 0.2) is 26.3 Å². The van der Waals surface area contributed by atoms with Gasteiger partial charge in [-0.1, -0.05) is 125 Å². The van der Waals surface area contributed by atoms with Gasteiger partial charge in [0.2, 0.25) is 0 Å². The third-order valence-electron chi connectivity index (χ3n) is 6.30. The maximum atomic E-state index is 10.6. The van der Waals surface area contributed by atoms with Crippen LogP contribution in [0.4, 0.5) is 0 Å². The smallest absolute Gasteiger partial charge is 0.132 e. The van der Waals surface area contributed by atoms with Crippen molar-refractivity contribution < 1.29 is 14.8 Å². The summed E-state index contributed by atoms with van der Waals surface area (Å²) in [5.41, 5.74) is 2.31. The van der Waals surface area contributed by atoms with Crippen LogP contribution in [-0.2, 0) is 9.59 Å². The lowest BCUT2D eigenvalue weighted by atomic mass is 9.95. The van der Waals surface area contributed by atoms with Gasteiger partial charge in [-0.15, -0.1) is 26.3 Å². The first-order valence-corrected chi connectivity index (χ1v) is 15.4. The summed E-state index contributed by atoms with van der Waals surface area (Å²) in [6.07, 6.45) is 20.0. The monoisotopic (exact) mass is 542 g/mol. The van der Waals surface area contributed by atoms with E-state index in [2.05, 4.69) is 52.6 Å². The fraction of sp³-hybridized carbons (Fsp3) is 0.824. The van der Waals surface area contributed by atoms with Crippen molar-refractivity contribution in [1.82, 2.24) is 5.48 Å². The average Bonchev–Trinajstić information content (AvgIpc) is 2.88. The first-order valence-electron chi connectivity index (χ1n) is 15.4. The number of carbonyl (C=O) groups is 2. The Morgan fingerprint density at radius 2 is 1.00 bits per heavy atom. The molecule has 0 saturated heterocycles. The zero-order valence-corrected chi connectivity index (χ0v) is 27.5. The molecule has 0 aromatic heterocycles. The lowest BCUT2D eigenvalue weighted by Gasteiger charge is -2.09. The molecule has 0 bridgehead atoms. The highest BCUT2D eigenvalue weighted by atomic mass is 16.5. The third kappa shape index (κ3) is 51.4. The number of hydroxylamine groups is 1. The van der Waals surface area contributed by atoms with E-state index in [0.717, 1.165) is 12.8 Å². The normalized spacial score (nSPS) is 11.4. The van der Waals surface area contributed by atoms with Crippen LogP contribution in [0.5, 0.6) is 0 Å². The molecule has 0 heterocycles. The molecule has 2 unspecified atom stereocenters. The molecule has 4 heteroatoms. The summed E-state index contributed by atoms with van der Waals surface area (Å²) in [5, 5.41) is 8.68. The van der Waals surface area contributed by atoms with E-state index in [-0.39, 0.29) is 17.7 Å². The maximum Gasteiger partial charge on any atom is 0.132 e. The van der Waals surface area contributed by atoms with Gasteiger partial charge in [0.1, 0.15) is 11.6 Å². The summed E-state index contributed by atoms with van der Waals surface area (Å²) >= 11 is 0. The number of Topliss-reactive ketones (excluding diaryl/α,β-unsaturated/α-hetero) is 2. The highest BCUT2D eigenvalue weighted by Crippen LogP contribution is 2.13. The Morgan fingerprint density at radius 1 is 0.658 bits per heavy atom. The van der Waals surface area contributed by atoms with Gasteiger partial charge >= 0.3 is 0 Å². The first-order chi connectivity index (χ1) is 18.0. The number of hydrogen-bond acceptors (Lipinski definition) is 4. The summed E-state index contributed by atoms with van der Waals surface area (Å²) in [7, 11) is 0. The molecule has 2 atom stereocenters. The minimum Gasteiger partial charge on any atom is -0.317 e. The van der Waals surface area contributed by atoms with Gasteiger partial charge < -0.3 is 10.0 Å². The Bertz CT molecular complexity index is 461. The quantitative estimate of drug-likeness (QED) is 0.0969. The Morgan fingerprint density at radius 3 is 1.18 bits per heavy atom. The molecule has 0 aromatic carbocycles. The fourth-order valence-corrected chi connectivity index (χ4v) is 3.58. The lowest BCUT2D eigenvalue weighted by Crippen LogP contribution is -2.21. The second-order valence-corrected chi connectivity index (χ2v) is 11.0. The lowest BCUT2D eigenvalue weighted by molar-refractivity contribution is -0.121. The zero-order chi connectivity index (χ0) is 30.8. The molecule has 0 radical (unpaired) electrons. The summed E-state index contributed by atoms with van der Waals surface area (Å²) in [6, 6.07) is 0.257. The van der Waals surface area contributed by atoms with Crippen LogP contribution in [-0.4, -0.2) is 22.8 Å². The summed E-state index contributed by atoms with van der Waals surface area (Å²) in [4.78, 5) is 20.8. The van der Waals surface area contributed by atoms with Crippen LogP contribution in [0.1, 0.15) is 159 Å². The van der Waals surface area contributed by atoms with E-state index in [0.29, 0.717) is 17.6 Å². The van der Waals surface area contributed by atoms with Crippen molar-refractivity contribution in [3.63, 3.8) is 0 Å². The van der Waals surface area contributed by atoms with Gasteiger partial charge in [-0.2, -0.15) is 0 Å². The average molecular weight is 542 g/mol. The second kappa shape index (κ2) is 40.2. The van der Waals surface area contributed by atoms with Crippen LogP contribution >= 0.6 is 0 Å².